The van der Waals surface area contributed by atoms with Crippen LogP contribution in [0.4, 0.5) is 0 Å². The van der Waals surface area contributed by atoms with Crippen LogP contribution in [0, 0.1) is 0 Å². The van der Waals surface area contributed by atoms with E-state index in [1.165, 1.54) is 10.4 Å². The normalized spacial score (nSPS) is 13.3. The van der Waals surface area contributed by atoms with Crippen LogP contribution in [0.15, 0.2) is 46.3 Å². The molecule has 2 aromatic rings. The smallest absolute Gasteiger partial charge is 0.0355 e. The molecule has 1 atom stereocenters. The lowest BCUT2D eigenvalue weighted by molar-refractivity contribution is 0.271. The average molecular weight is 367 g/mol. The summed E-state index contributed by atoms with van der Waals surface area (Å²) in [6.07, 6.45) is 3.08. The average Bonchev–Trinajstić information content (AvgIpc) is 2.94. The molecule has 0 saturated heterocycles. The number of thiophene rings is 1. The largest absolute Gasteiger partial charge is 0.271 e. The topological polar surface area (TPSA) is 38.0 Å². The molecule has 1 unspecified atom stereocenters. The highest BCUT2D eigenvalue weighted by molar-refractivity contribution is 9.10. The highest BCUT2D eigenvalue weighted by Gasteiger charge is 2.37. The molecule has 3 N–H and O–H groups in total. The Bertz CT molecular complexity index is 549. The Hall–Kier alpha value is -0.680. The number of benzene rings is 1. The van der Waals surface area contributed by atoms with Gasteiger partial charge in [-0.3, -0.25) is 11.3 Å². The number of nitrogens with one attached hydrogen (secondary N) is 1. The number of halogens is 1. The van der Waals surface area contributed by atoms with Gasteiger partial charge in [0.05, 0.1) is 0 Å². The van der Waals surface area contributed by atoms with Gasteiger partial charge in [-0.05, 0) is 46.8 Å². The van der Waals surface area contributed by atoms with Gasteiger partial charge in [0.15, 0.2) is 0 Å². The van der Waals surface area contributed by atoms with Crippen molar-refractivity contribution in [3.63, 3.8) is 0 Å². The van der Waals surface area contributed by atoms with Crippen LogP contribution in [0.1, 0.15) is 37.1 Å². The van der Waals surface area contributed by atoms with E-state index in [1.807, 2.05) is 0 Å². The van der Waals surface area contributed by atoms with Crippen molar-refractivity contribution >= 4 is 27.3 Å². The molecule has 2 nitrogen and oxygen atoms in total. The van der Waals surface area contributed by atoms with E-state index in [2.05, 4.69) is 77.0 Å². The van der Waals surface area contributed by atoms with Gasteiger partial charge in [-0.1, -0.05) is 44.2 Å². The first kappa shape index (κ1) is 16.7. The molecule has 0 radical (unpaired) electrons. The third kappa shape index (κ3) is 3.57. The van der Waals surface area contributed by atoms with Gasteiger partial charge < -0.3 is 0 Å². The molecule has 114 valence electrons. The Balaban J connectivity index is 2.34. The van der Waals surface area contributed by atoms with Crippen LogP contribution in [0.2, 0.25) is 0 Å². The van der Waals surface area contributed by atoms with Crippen molar-refractivity contribution < 1.29 is 0 Å². The van der Waals surface area contributed by atoms with Crippen LogP contribution in [-0.2, 0) is 11.8 Å². The van der Waals surface area contributed by atoms with Crippen molar-refractivity contribution in [2.24, 2.45) is 5.84 Å². The van der Waals surface area contributed by atoms with E-state index in [1.54, 1.807) is 11.3 Å². The zero-order valence-corrected chi connectivity index (χ0v) is 15.0. The standard InChI is InChI=1S/C17H23BrN2S/c1-3-17(4-2,13-8-6-5-7-9-13)16(20-19)11-15-10-14(18)12-21-15/h5-10,12,16,20H,3-4,11,19H2,1-2H3. The van der Waals surface area contributed by atoms with Crippen molar-refractivity contribution in [3.05, 3.63) is 56.7 Å². The zero-order chi connectivity index (χ0) is 15.3. The van der Waals surface area contributed by atoms with Gasteiger partial charge in [0.2, 0.25) is 0 Å². The third-order valence-corrected chi connectivity index (χ3v) is 6.23. The molecule has 0 spiro atoms. The van der Waals surface area contributed by atoms with Gasteiger partial charge in [0.25, 0.3) is 0 Å². The second-order valence-electron chi connectivity index (χ2n) is 5.38. The second-order valence-corrected chi connectivity index (χ2v) is 7.30. The third-order valence-electron chi connectivity index (χ3n) is 4.51. The molecule has 21 heavy (non-hydrogen) atoms. The monoisotopic (exact) mass is 366 g/mol. The Morgan fingerprint density at radius 2 is 1.90 bits per heavy atom. The van der Waals surface area contributed by atoms with Gasteiger partial charge >= 0.3 is 0 Å². The maximum Gasteiger partial charge on any atom is 0.0355 e. The predicted molar refractivity (Wildman–Crippen MR) is 95.5 cm³/mol. The fourth-order valence-electron chi connectivity index (χ4n) is 3.20. The summed E-state index contributed by atoms with van der Waals surface area (Å²) >= 11 is 5.32. The fraction of sp³-hybridized carbons (Fsp3) is 0.412. The van der Waals surface area contributed by atoms with E-state index in [0.29, 0.717) is 0 Å². The minimum absolute atomic E-state index is 0.0620. The van der Waals surface area contributed by atoms with Crippen LogP contribution in [0.5, 0.6) is 0 Å². The predicted octanol–water partition coefficient (Wildman–Crippen LogP) is 4.64. The summed E-state index contributed by atoms with van der Waals surface area (Å²) in [5.41, 5.74) is 4.52. The van der Waals surface area contributed by atoms with Gasteiger partial charge in [-0.15, -0.1) is 11.3 Å². The summed E-state index contributed by atoms with van der Waals surface area (Å²) < 4.78 is 1.15. The van der Waals surface area contributed by atoms with E-state index in [9.17, 15) is 0 Å². The van der Waals surface area contributed by atoms with E-state index in [-0.39, 0.29) is 11.5 Å². The number of hydrogen-bond donors (Lipinski definition) is 2. The molecule has 0 aliphatic rings. The van der Waals surface area contributed by atoms with Crippen molar-refractivity contribution in [1.82, 2.24) is 5.43 Å². The van der Waals surface area contributed by atoms with E-state index >= 15 is 0 Å². The summed E-state index contributed by atoms with van der Waals surface area (Å²) in [7, 11) is 0. The lowest BCUT2D eigenvalue weighted by Crippen LogP contribution is -2.52. The number of rotatable bonds is 7. The first-order valence-corrected chi connectivity index (χ1v) is 9.08. The van der Waals surface area contributed by atoms with Crippen molar-refractivity contribution in [1.29, 1.82) is 0 Å². The summed E-state index contributed by atoms with van der Waals surface area (Å²) in [5, 5.41) is 2.13. The molecule has 0 fully saturated rings. The van der Waals surface area contributed by atoms with Crippen LogP contribution in [0.3, 0.4) is 0 Å². The maximum atomic E-state index is 5.94. The Morgan fingerprint density at radius 3 is 2.38 bits per heavy atom. The molecular formula is C17H23BrN2S. The molecule has 0 amide bonds. The number of hydrazine groups is 1. The lowest BCUT2D eigenvalue weighted by atomic mass is 9.69. The highest BCUT2D eigenvalue weighted by atomic mass is 79.9. The van der Waals surface area contributed by atoms with Gasteiger partial charge in [0.1, 0.15) is 0 Å². The van der Waals surface area contributed by atoms with Crippen LogP contribution in [-0.4, -0.2) is 6.04 Å². The molecule has 0 aliphatic carbocycles. The molecule has 0 aliphatic heterocycles. The lowest BCUT2D eigenvalue weighted by Gasteiger charge is -2.40. The molecular weight excluding hydrogens is 344 g/mol. The van der Waals surface area contributed by atoms with E-state index < -0.39 is 0 Å². The fourth-order valence-corrected chi connectivity index (χ4v) is 4.70. The van der Waals surface area contributed by atoms with Crippen LogP contribution < -0.4 is 11.3 Å². The SMILES string of the molecule is CCC(CC)(c1ccccc1)C(Cc1cc(Br)cs1)NN. The molecule has 0 bridgehead atoms. The van der Waals surface area contributed by atoms with Crippen LogP contribution in [0.25, 0.3) is 0 Å². The highest BCUT2D eigenvalue weighted by Crippen LogP contribution is 2.37. The summed E-state index contributed by atoms with van der Waals surface area (Å²) in [6.45, 7) is 4.51. The Morgan fingerprint density at radius 1 is 1.24 bits per heavy atom. The maximum absolute atomic E-state index is 5.94. The minimum atomic E-state index is 0.0620. The quantitative estimate of drug-likeness (QED) is 0.553. The second kappa shape index (κ2) is 7.54. The Kier molecular flexibility index (Phi) is 5.99. The summed E-state index contributed by atoms with van der Waals surface area (Å²) in [6, 6.07) is 13.2. The first-order chi connectivity index (χ1) is 10.2. The molecule has 1 aromatic carbocycles. The zero-order valence-electron chi connectivity index (χ0n) is 12.6. The summed E-state index contributed by atoms with van der Waals surface area (Å²) in [5.74, 6) is 5.94. The Labute approximate surface area is 139 Å². The van der Waals surface area contributed by atoms with Crippen LogP contribution >= 0.6 is 27.3 Å². The molecule has 0 saturated carbocycles. The first-order valence-electron chi connectivity index (χ1n) is 7.40. The summed E-state index contributed by atoms with van der Waals surface area (Å²) in [4.78, 5) is 1.35. The number of nitrogens with two attached hydrogens (primary N) is 1. The van der Waals surface area contributed by atoms with Gasteiger partial charge in [-0.2, -0.15) is 0 Å². The molecule has 1 heterocycles. The van der Waals surface area contributed by atoms with Crippen molar-refractivity contribution in [3.8, 4) is 0 Å². The van der Waals surface area contributed by atoms with Gasteiger partial charge in [0, 0.05) is 26.2 Å². The van der Waals surface area contributed by atoms with E-state index in [0.717, 1.165) is 23.7 Å². The van der Waals surface area contributed by atoms with Crippen molar-refractivity contribution in [2.75, 3.05) is 0 Å². The molecule has 1 aromatic heterocycles. The van der Waals surface area contributed by atoms with E-state index in [4.69, 9.17) is 5.84 Å². The molecule has 2 rings (SSSR count). The number of hydrogen-bond acceptors (Lipinski definition) is 3. The minimum Gasteiger partial charge on any atom is -0.271 e. The molecule has 4 heteroatoms. The van der Waals surface area contributed by atoms with Crippen molar-refractivity contribution in [2.45, 2.75) is 44.6 Å². The van der Waals surface area contributed by atoms with Gasteiger partial charge in [-0.25, -0.2) is 0 Å².